The van der Waals surface area contributed by atoms with E-state index in [2.05, 4.69) is 20.9 Å². The Morgan fingerprint density at radius 1 is 1.20 bits per heavy atom. The molecule has 1 unspecified atom stereocenters. The third kappa shape index (κ3) is 4.91. The van der Waals surface area contributed by atoms with Crippen LogP contribution in [0, 0.1) is 0 Å². The first-order chi connectivity index (χ1) is 14.4. The average Bonchev–Trinajstić information content (AvgIpc) is 2.76. The smallest absolute Gasteiger partial charge is 0.272 e. The zero-order valence-electron chi connectivity index (χ0n) is 17.0. The van der Waals surface area contributed by atoms with Crippen molar-refractivity contribution in [2.24, 2.45) is 0 Å². The first kappa shape index (κ1) is 22.0. The van der Waals surface area contributed by atoms with Crippen molar-refractivity contribution in [1.29, 1.82) is 0 Å². The molecule has 1 amide bonds. The van der Waals surface area contributed by atoms with Crippen molar-refractivity contribution in [3.8, 4) is 17.2 Å². The number of halogens is 1. The Bertz CT molecular complexity index is 936. The third-order valence-electron chi connectivity index (χ3n) is 4.65. The molecule has 0 saturated carbocycles. The molecule has 0 spiro atoms. The Balaban J connectivity index is 1.73. The van der Waals surface area contributed by atoms with Crippen LogP contribution >= 0.6 is 15.9 Å². The van der Waals surface area contributed by atoms with Crippen LogP contribution in [0.4, 0.5) is 0 Å². The summed E-state index contributed by atoms with van der Waals surface area (Å²) >= 11 is 3.28. The fourth-order valence-corrected chi connectivity index (χ4v) is 3.53. The highest BCUT2D eigenvalue weighted by molar-refractivity contribution is 9.10. The first-order valence-corrected chi connectivity index (χ1v) is 10.2. The highest BCUT2D eigenvalue weighted by atomic mass is 79.9. The van der Waals surface area contributed by atoms with Crippen molar-refractivity contribution in [2.75, 3.05) is 40.5 Å². The van der Waals surface area contributed by atoms with Gasteiger partial charge in [0.25, 0.3) is 5.91 Å². The fraction of sp³-hybridized carbons (Fsp3) is 0.381. The lowest BCUT2D eigenvalue weighted by molar-refractivity contribution is -0.0406. The number of carbonyl (C=O) groups excluding carboxylic acids is 2. The molecular formula is C21H23BrN2O6. The van der Waals surface area contributed by atoms with Gasteiger partial charge >= 0.3 is 0 Å². The van der Waals surface area contributed by atoms with Crippen LogP contribution in [-0.4, -0.2) is 68.2 Å². The van der Waals surface area contributed by atoms with E-state index in [1.54, 1.807) is 35.2 Å². The number of morpholine rings is 1. The molecule has 160 valence electrons. The maximum absolute atomic E-state index is 12.8. The number of ether oxygens (including phenoxy) is 4. The zero-order chi connectivity index (χ0) is 21.7. The second-order valence-corrected chi connectivity index (χ2v) is 7.45. The minimum absolute atomic E-state index is 0.138. The zero-order valence-corrected chi connectivity index (χ0v) is 18.6. The summed E-state index contributed by atoms with van der Waals surface area (Å²) in [5.74, 6) is 0.762. The van der Waals surface area contributed by atoms with E-state index in [1.807, 2.05) is 0 Å². The van der Waals surface area contributed by atoms with Crippen LogP contribution in [0.5, 0.6) is 17.2 Å². The molecular weight excluding hydrogens is 456 g/mol. The molecule has 0 bridgehead atoms. The number of methoxy groups -OCH3 is 2. The molecule has 1 fully saturated rings. The van der Waals surface area contributed by atoms with Crippen molar-refractivity contribution < 1.29 is 28.5 Å². The molecule has 3 rings (SSSR count). The van der Waals surface area contributed by atoms with E-state index in [-0.39, 0.29) is 24.4 Å². The largest absolute Gasteiger partial charge is 0.493 e. The summed E-state index contributed by atoms with van der Waals surface area (Å²) in [6.45, 7) is 2.78. The standard InChI is InChI=1S/C21H23BrN2O6/c1-13(25)15-7-8-17(27-2)20(28-3)19(15)30-12-14-11-24(9-10-29-14)21(26)16-5-4-6-18(22)23-16/h4-8,14H,9-12H2,1-3H3. The second-order valence-electron chi connectivity index (χ2n) is 6.63. The van der Waals surface area contributed by atoms with Gasteiger partial charge in [-0.3, -0.25) is 9.59 Å². The molecule has 1 saturated heterocycles. The molecule has 8 nitrogen and oxygen atoms in total. The second kappa shape index (κ2) is 9.90. The normalized spacial score (nSPS) is 16.1. The molecule has 0 radical (unpaired) electrons. The van der Waals surface area contributed by atoms with Crippen LogP contribution < -0.4 is 14.2 Å². The van der Waals surface area contributed by atoms with Gasteiger partial charge in [0.2, 0.25) is 5.75 Å². The topological polar surface area (TPSA) is 87.2 Å². The number of hydrogen-bond acceptors (Lipinski definition) is 7. The number of pyridine rings is 1. The Morgan fingerprint density at radius 2 is 2.00 bits per heavy atom. The fourth-order valence-electron chi connectivity index (χ4n) is 3.19. The van der Waals surface area contributed by atoms with Crippen molar-refractivity contribution in [2.45, 2.75) is 13.0 Å². The molecule has 0 aliphatic carbocycles. The number of nitrogens with zero attached hydrogens (tertiary/aromatic N) is 2. The van der Waals surface area contributed by atoms with E-state index >= 15 is 0 Å². The number of rotatable bonds is 7. The number of amides is 1. The number of aromatic nitrogens is 1. The lowest BCUT2D eigenvalue weighted by atomic mass is 10.1. The van der Waals surface area contributed by atoms with Gasteiger partial charge in [-0.05, 0) is 47.1 Å². The van der Waals surface area contributed by atoms with Crippen molar-refractivity contribution in [3.63, 3.8) is 0 Å². The molecule has 0 N–H and O–H groups in total. The molecule has 2 heterocycles. The van der Waals surface area contributed by atoms with Crippen LogP contribution in [-0.2, 0) is 4.74 Å². The SMILES string of the molecule is COc1ccc(C(C)=O)c(OCC2CN(C(=O)c3cccc(Br)n3)CCO2)c1OC. The minimum atomic E-state index is -0.370. The van der Waals surface area contributed by atoms with Crippen molar-refractivity contribution in [1.82, 2.24) is 9.88 Å². The van der Waals surface area contributed by atoms with E-state index in [4.69, 9.17) is 18.9 Å². The highest BCUT2D eigenvalue weighted by Crippen LogP contribution is 2.40. The molecule has 1 aromatic carbocycles. The summed E-state index contributed by atoms with van der Waals surface area (Å²) in [5, 5.41) is 0. The maximum Gasteiger partial charge on any atom is 0.272 e. The number of hydrogen-bond donors (Lipinski definition) is 0. The summed E-state index contributed by atoms with van der Waals surface area (Å²) in [7, 11) is 3.00. The van der Waals surface area contributed by atoms with Crippen LogP contribution in [0.25, 0.3) is 0 Å². The van der Waals surface area contributed by atoms with Crippen molar-refractivity contribution in [3.05, 3.63) is 46.2 Å². The van der Waals surface area contributed by atoms with Gasteiger partial charge in [-0.25, -0.2) is 4.98 Å². The molecule has 1 atom stereocenters. The molecule has 2 aromatic rings. The van der Waals surface area contributed by atoms with Crippen molar-refractivity contribution >= 4 is 27.6 Å². The number of carbonyl (C=O) groups is 2. The Kier molecular flexibility index (Phi) is 7.28. The molecule has 1 aliphatic rings. The molecule has 1 aliphatic heterocycles. The van der Waals surface area contributed by atoms with Crippen LogP contribution in [0.15, 0.2) is 34.9 Å². The number of ketones is 1. The third-order valence-corrected chi connectivity index (χ3v) is 5.09. The van der Waals surface area contributed by atoms with E-state index in [0.29, 0.717) is 52.8 Å². The highest BCUT2D eigenvalue weighted by Gasteiger charge is 2.28. The number of Topliss-reactive ketones (excluding diaryl/α,β-unsaturated/α-hetero) is 1. The van der Waals surface area contributed by atoms with Gasteiger partial charge in [-0.15, -0.1) is 0 Å². The monoisotopic (exact) mass is 478 g/mol. The lowest BCUT2D eigenvalue weighted by Crippen LogP contribution is -2.47. The van der Waals surface area contributed by atoms with Gasteiger partial charge in [0.15, 0.2) is 17.3 Å². The summed E-state index contributed by atoms with van der Waals surface area (Å²) < 4.78 is 23.0. The molecule has 1 aromatic heterocycles. The summed E-state index contributed by atoms with van der Waals surface area (Å²) in [6.07, 6.45) is -0.370. The van der Waals surface area contributed by atoms with E-state index in [9.17, 15) is 9.59 Å². The van der Waals surface area contributed by atoms with Crippen LogP contribution in [0.2, 0.25) is 0 Å². The number of benzene rings is 1. The quantitative estimate of drug-likeness (QED) is 0.446. The van der Waals surface area contributed by atoms with E-state index in [1.165, 1.54) is 21.1 Å². The van der Waals surface area contributed by atoms with Gasteiger partial charge in [0, 0.05) is 6.54 Å². The summed E-state index contributed by atoms with van der Waals surface area (Å²) in [6, 6.07) is 8.50. The maximum atomic E-state index is 12.8. The Hall–Kier alpha value is -2.65. The lowest BCUT2D eigenvalue weighted by Gasteiger charge is -2.33. The van der Waals surface area contributed by atoms with Gasteiger partial charge in [-0.1, -0.05) is 6.07 Å². The van der Waals surface area contributed by atoms with Gasteiger partial charge in [-0.2, -0.15) is 0 Å². The summed E-state index contributed by atoms with van der Waals surface area (Å²) in [5.41, 5.74) is 0.744. The van der Waals surface area contributed by atoms with Gasteiger partial charge in [0.1, 0.15) is 23.0 Å². The average molecular weight is 479 g/mol. The molecule has 9 heteroatoms. The predicted octanol–water partition coefficient (Wildman–Crippen LogP) is 2.98. The van der Waals surface area contributed by atoms with E-state index in [0.717, 1.165) is 0 Å². The first-order valence-electron chi connectivity index (χ1n) is 9.36. The molecule has 30 heavy (non-hydrogen) atoms. The van der Waals surface area contributed by atoms with Gasteiger partial charge in [0.05, 0.1) is 32.9 Å². The predicted molar refractivity (Wildman–Crippen MR) is 113 cm³/mol. The summed E-state index contributed by atoms with van der Waals surface area (Å²) in [4.78, 5) is 30.7. The Labute approximate surface area is 183 Å². The van der Waals surface area contributed by atoms with Gasteiger partial charge < -0.3 is 23.8 Å². The van der Waals surface area contributed by atoms with Crippen LogP contribution in [0.3, 0.4) is 0 Å². The minimum Gasteiger partial charge on any atom is -0.493 e. The van der Waals surface area contributed by atoms with E-state index < -0.39 is 0 Å². The Morgan fingerprint density at radius 3 is 2.67 bits per heavy atom. The van der Waals surface area contributed by atoms with Crippen LogP contribution in [0.1, 0.15) is 27.8 Å².